The Morgan fingerprint density at radius 2 is 1.82 bits per heavy atom. The van der Waals surface area contributed by atoms with Crippen LogP contribution in [0, 0.1) is 0 Å². The average molecular weight is 392 g/mol. The van der Waals surface area contributed by atoms with Gasteiger partial charge < -0.3 is 0 Å². The molecule has 4 rings (SSSR count). The number of aromatic nitrogens is 4. The van der Waals surface area contributed by atoms with E-state index >= 15 is 0 Å². The normalized spacial score (nSPS) is 11.7. The summed E-state index contributed by atoms with van der Waals surface area (Å²) in [6.45, 7) is 4.02. The van der Waals surface area contributed by atoms with Gasteiger partial charge in [-0.2, -0.15) is 5.10 Å². The van der Waals surface area contributed by atoms with Crippen molar-refractivity contribution in [3.05, 3.63) is 72.3 Å². The molecule has 0 atom stereocenters. The second kappa shape index (κ2) is 6.76. The molecule has 28 heavy (non-hydrogen) atoms. The first-order chi connectivity index (χ1) is 13.4. The van der Waals surface area contributed by atoms with Crippen LogP contribution in [0.25, 0.3) is 28.2 Å². The van der Waals surface area contributed by atoms with Crippen molar-refractivity contribution < 1.29 is 8.42 Å². The van der Waals surface area contributed by atoms with Crippen molar-refractivity contribution in [2.75, 3.05) is 0 Å². The standard InChI is InChI=1S/C21H20N4O2S/c1-15(2)9-16-10-19-20(17-12-23-24(3)13-17)14-25(21(19)22-11-16)28(26,27)18-7-5-4-6-8-18/h4-14H,1-3H3. The SMILES string of the molecule is CC(C)=Cc1cnc2c(c1)c(-c1cnn(C)c1)cn2S(=O)(=O)c1ccccc1. The molecule has 0 spiro atoms. The van der Waals surface area contributed by atoms with Gasteiger partial charge in [-0.05, 0) is 37.6 Å². The van der Waals surface area contributed by atoms with E-state index in [2.05, 4.69) is 10.1 Å². The average Bonchev–Trinajstić information content (AvgIpc) is 3.25. The number of benzene rings is 1. The van der Waals surface area contributed by atoms with Gasteiger partial charge in [0.2, 0.25) is 0 Å². The fraction of sp³-hybridized carbons (Fsp3) is 0.143. The van der Waals surface area contributed by atoms with Gasteiger partial charge in [-0.15, -0.1) is 0 Å². The lowest BCUT2D eigenvalue weighted by molar-refractivity contribution is 0.589. The highest BCUT2D eigenvalue weighted by molar-refractivity contribution is 7.90. The van der Waals surface area contributed by atoms with Crippen LogP contribution in [0.5, 0.6) is 0 Å². The monoisotopic (exact) mass is 392 g/mol. The summed E-state index contributed by atoms with van der Waals surface area (Å²) in [5.74, 6) is 0. The Bertz CT molecular complexity index is 1290. The molecule has 142 valence electrons. The number of aryl methyl sites for hydroxylation is 1. The zero-order valence-electron chi connectivity index (χ0n) is 15.9. The molecule has 4 aromatic rings. The summed E-state index contributed by atoms with van der Waals surface area (Å²) in [7, 11) is -1.94. The Hall–Kier alpha value is -3.19. The molecule has 0 saturated heterocycles. The Morgan fingerprint density at radius 1 is 1.07 bits per heavy atom. The van der Waals surface area contributed by atoms with Crippen molar-refractivity contribution in [2.24, 2.45) is 7.05 Å². The molecule has 3 heterocycles. The molecule has 3 aromatic heterocycles. The summed E-state index contributed by atoms with van der Waals surface area (Å²) in [5.41, 5.74) is 4.08. The Kier molecular flexibility index (Phi) is 4.39. The highest BCUT2D eigenvalue weighted by Gasteiger charge is 2.23. The van der Waals surface area contributed by atoms with E-state index in [1.54, 1.807) is 53.6 Å². The third-order valence-corrected chi connectivity index (χ3v) is 6.07. The molecule has 0 fully saturated rings. The van der Waals surface area contributed by atoms with E-state index in [0.717, 1.165) is 27.6 Å². The van der Waals surface area contributed by atoms with E-state index in [9.17, 15) is 8.42 Å². The number of rotatable bonds is 4. The van der Waals surface area contributed by atoms with Crippen molar-refractivity contribution in [2.45, 2.75) is 18.7 Å². The molecule has 0 radical (unpaired) electrons. The molecule has 0 aliphatic heterocycles. The van der Waals surface area contributed by atoms with E-state index in [1.807, 2.05) is 39.2 Å². The third-order valence-electron chi connectivity index (χ3n) is 4.40. The van der Waals surface area contributed by atoms with Crippen LogP contribution >= 0.6 is 0 Å². The second-order valence-corrected chi connectivity index (χ2v) is 8.74. The van der Waals surface area contributed by atoms with Crippen molar-refractivity contribution in [1.29, 1.82) is 0 Å². The maximum absolute atomic E-state index is 13.3. The quantitative estimate of drug-likeness (QED) is 0.524. The predicted molar refractivity (Wildman–Crippen MR) is 110 cm³/mol. The summed E-state index contributed by atoms with van der Waals surface area (Å²) in [6, 6.07) is 10.3. The molecule has 7 heteroatoms. The van der Waals surface area contributed by atoms with Crippen LogP contribution in [0.3, 0.4) is 0 Å². The maximum Gasteiger partial charge on any atom is 0.269 e. The number of hydrogen-bond acceptors (Lipinski definition) is 4. The Morgan fingerprint density at radius 3 is 2.46 bits per heavy atom. The van der Waals surface area contributed by atoms with Crippen molar-refractivity contribution in [3.8, 4) is 11.1 Å². The summed E-state index contributed by atoms with van der Waals surface area (Å²) in [6.07, 6.45) is 8.93. The lowest BCUT2D eigenvalue weighted by Gasteiger charge is -2.06. The van der Waals surface area contributed by atoms with Gasteiger partial charge in [-0.25, -0.2) is 17.4 Å². The van der Waals surface area contributed by atoms with Gasteiger partial charge in [0, 0.05) is 42.2 Å². The van der Waals surface area contributed by atoms with Gasteiger partial charge in [0.25, 0.3) is 10.0 Å². The molecule has 0 saturated carbocycles. The van der Waals surface area contributed by atoms with E-state index < -0.39 is 10.0 Å². The molecule has 0 N–H and O–H groups in total. The summed E-state index contributed by atoms with van der Waals surface area (Å²) in [4.78, 5) is 4.71. The van der Waals surface area contributed by atoms with Gasteiger partial charge in [-0.3, -0.25) is 4.68 Å². The van der Waals surface area contributed by atoms with Crippen molar-refractivity contribution in [3.63, 3.8) is 0 Å². The molecule has 0 aliphatic rings. The molecular formula is C21H20N4O2S. The first-order valence-corrected chi connectivity index (χ1v) is 10.3. The Balaban J connectivity index is 2.02. The second-order valence-electron chi connectivity index (χ2n) is 6.92. The van der Waals surface area contributed by atoms with Gasteiger partial charge in [0.1, 0.15) is 0 Å². The fourth-order valence-corrected chi connectivity index (χ4v) is 4.53. The molecule has 0 unspecified atom stereocenters. The van der Waals surface area contributed by atoms with E-state index in [-0.39, 0.29) is 4.90 Å². The molecule has 0 amide bonds. The molecule has 1 aromatic carbocycles. The Labute approximate surface area is 163 Å². The highest BCUT2D eigenvalue weighted by Crippen LogP contribution is 2.32. The molecule has 6 nitrogen and oxygen atoms in total. The minimum absolute atomic E-state index is 0.222. The van der Waals surface area contributed by atoms with Crippen molar-refractivity contribution in [1.82, 2.24) is 18.7 Å². The van der Waals surface area contributed by atoms with Crippen molar-refractivity contribution >= 4 is 27.1 Å². The fourth-order valence-electron chi connectivity index (χ4n) is 3.19. The predicted octanol–water partition coefficient (Wildman–Crippen LogP) is 4.10. The third kappa shape index (κ3) is 3.14. The van der Waals surface area contributed by atoms with E-state index in [1.165, 1.54) is 3.97 Å². The van der Waals surface area contributed by atoms with Gasteiger partial charge in [0.05, 0.1) is 11.1 Å². The van der Waals surface area contributed by atoms with Crippen LogP contribution in [0.1, 0.15) is 19.4 Å². The first-order valence-electron chi connectivity index (χ1n) is 8.82. The van der Waals surface area contributed by atoms with Gasteiger partial charge in [0.15, 0.2) is 5.65 Å². The molecule has 0 aliphatic carbocycles. The van der Waals surface area contributed by atoms with Gasteiger partial charge >= 0.3 is 0 Å². The van der Waals surface area contributed by atoms with Crippen LogP contribution < -0.4 is 0 Å². The van der Waals surface area contributed by atoms with Crippen LogP contribution in [-0.2, 0) is 17.1 Å². The van der Waals surface area contributed by atoms with Crippen LogP contribution in [0.4, 0.5) is 0 Å². The minimum atomic E-state index is -3.77. The zero-order chi connectivity index (χ0) is 19.9. The van der Waals surface area contributed by atoms with Crippen LogP contribution in [0.15, 0.2) is 71.7 Å². The molecular weight excluding hydrogens is 372 g/mol. The number of pyridine rings is 1. The maximum atomic E-state index is 13.3. The summed E-state index contributed by atoms with van der Waals surface area (Å²) in [5, 5.41) is 4.99. The summed E-state index contributed by atoms with van der Waals surface area (Å²) >= 11 is 0. The highest BCUT2D eigenvalue weighted by atomic mass is 32.2. The van der Waals surface area contributed by atoms with E-state index in [0.29, 0.717) is 5.65 Å². The lowest BCUT2D eigenvalue weighted by atomic mass is 10.1. The van der Waals surface area contributed by atoms with Crippen LogP contribution in [0.2, 0.25) is 0 Å². The lowest BCUT2D eigenvalue weighted by Crippen LogP contribution is -2.12. The minimum Gasteiger partial charge on any atom is -0.275 e. The first kappa shape index (κ1) is 18.2. The summed E-state index contributed by atoms with van der Waals surface area (Å²) < 4.78 is 29.4. The largest absolute Gasteiger partial charge is 0.275 e. The van der Waals surface area contributed by atoms with Gasteiger partial charge in [-0.1, -0.05) is 29.8 Å². The number of nitrogens with zero attached hydrogens (tertiary/aromatic N) is 4. The number of hydrogen-bond donors (Lipinski definition) is 0. The zero-order valence-corrected chi connectivity index (χ0v) is 16.7. The van der Waals surface area contributed by atoms with E-state index in [4.69, 9.17) is 0 Å². The smallest absolute Gasteiger partial charge is 0.269 e. The van der Waals surface area contributed by atoms with Crippen LogP contribution in [-0.4, -0.2) is 27.2 Å². The number of allylic oxidation sites excluding steroid dienone is 1. The molecule has 0 bridgehead atoms. The topological polar surface area (TPSA) is 69.8 Å². The number of fused-ring (bicyclic) bond motifs is 1.